The zero-order chi connectivity index (χ0) is 19.8. The van der Waals surface area contributed by atoms with Crippen LogP contribution in [0.2, 0.25) is 0 Å². The number of amides is 1. The fourth-order valence-electron chi connectivity index (χ4n) is 4.43. The zero-order valence-electron chi connectivity index (χ0n) is 16.2. The molecule has 1 saturated heterocycles. The maximum atomic E-state index is 12.7. The summed E-state index contributed by atoms with van der Waals surface area (Å²) in [6, 6.07) is 12.0. The minimum Gasteiger partial charge on any atom is -0.492 e. The largest absolute Gasteiger partial charge is 0.492 e. The summed E-state index contributed by atoms with van der Waals surface area (Å²) >= 11 is 0. The molecule has 6 heteroatoms. The highest BCUT2D eigenvalue weighted by Gasteiger charge is 2.43. The van der Waals surface area contributed by atoms with Crippen molar-refractivity contribution < 1.29 is 19.3 Å². The SMILES string of the molecule is NCc1ccc2c(c1)C1(CCN(C(=O)C=Cc3ccc4c(c3)COO4)CC1)CO2. The van der Waals surface area contributed by atoms with Crippen molar-refractivity contribution in [1.82, 2.24) is 4.90 Å². The van der Waals surface area contributed by atoms with E-state index in [1.807, 2.05) is 41.3 Å². The fraction of sp³-hybridized carbons (Fsp3) is 0.348. The van der Waals surface area contributed by atoms with Crippen LogP contribution < -0.4 is 15.4 Å². The molecular formula is C23H24N2O4. The van der Waals surface area contributed by atoms with Gasteiger partial charge in [-0.1, -0.05) is 18.2 Å². The molecule has 6 nitrogen and oxygen atoms in total. The molecule has 0 aromatic heterocycles. The predicted molar refractivity (Wildman–Crippen MR) is 108 cm³/mol. The van der Waals surface area contributed by atoms with E-state index in [-0.39, 0.29) is 11.3 Å². The van der Waals surface area contributed by atoms with Gasteiger partial charge in [0.15, 0.2) is 5.75 Å². The summed E-state index contributed by atoms with van der Waals surface area (Å²) in [5.74, 6) is 1.75. The van der Waals surface area contributed by atoms with Crippen LogP contribution in [0.5, 0.6) is 11.5 Å². The molecule has 1 amide bonds. The first kappa shape index (κ1) is 18.2. The summed E-state index contributed by atoms with van der Waals surface area (Å²) in [5, 5.41) is 0. The zero-order valence-corrected chi connectivity index (χ0v) is 16.2. The van der Waals surface area contributed by atoms with E-state index in [4.69, 9.17) is 20.2 Å². The van der Waals surface area contributed by atoms with Crippen molar-refractivity contribution in [3.63, 3.8) is 0 Å². The lowest BCUT2D eigenvalue weighted by Crippen LogP contribution is -2.45. The van der Waals surface area contributed by atoms with Gasteiger partial charge >= 0.3 is 0 Å². The second-order valence-corrected chi connectivity index (χ2v) is 7.97. The van der Waals surface area contributed by atoms with Crippen molar-refractivity contribution in [1.29, 1.82) is 0 Å². The molecule has 150 valence electrons. The van der Waals surface area contributed by atoms with Gasteiger partial charge < -0.3 is 20.3 Å². The summed E-state index contributed by atoms with van der Waals surface area (Å²) < 4.78 is 5.95. The number of hydrogen-bond acceptors (Lipinski definition) is 5. The molecule has 29 heavy (non-hydrogen) atoms. The lowest BCUT2D eigenvalue weighted by Gasteiger charge is -2.38. The molecule has 0 unspecified atom stereocenters. The lowest BCUT2D eigenvalue weighted by molar-refractivity contribution is -0.194. The Morgan fingerprint density at radius 3 is 2.79 bits per heavy atom. The van der Waals surface area contributed by atoms with Gasteiger partial charge in [-0.2, -0.15) is 4.89 Å². The lowest BCUT2D eigenvalue weighted by atomic mass is 9.74. The Balaban J connectivity index is 1.25. The van der Waals surface area contributed by atoms with Crippen LogP contribution in [-0.2, 0) is 28.2 Å². The Labute approximate surface area is 169 Å². The molecule has 2 aromatic rings. The van der Waals surface area contributed by atoms with Gasteiger partial charge in [-0.3, -0.25) is 4.79 Å². The highest BCUT2D eigenvalue weighted by Crippen LogP contribution is 2.45. The van der Waals surface area contributed by atoms with E-state index >= 15 is 0 Å². The van der Waals surface area contributed by atoms with Gasteiger partial charge in [0.05, 0.1) is 6.61 Å². The second kappa shape index (κ2) is 7.21. The maximum Gasteiger partial charge on any atom is 0.246 e. The van der Waals surface area contributed by atoms with Crippen LogP contribution >= 0.6 is 0 Å². The molecule has 3 heterocycles. The summed E-state index contributed by atoms with van der Waals surface area (Å²) in [5.41, 5.74) is 10.2. The quantitative estimate of drug-likeness (QED) is 0.642. The number of rotatable bonds is 3. The Morgan fingerprint density at radius 2 is 1.97 bits per heavy atom. The average Bonchev–Trinajstić information content (AvgIpc) is 3.37. The van der Waals surface area contributed by atoms with E-state index in [1.165, 1.54) is 5.56 Å². The number of benzene rings is 2. The highest BCUT2D eigenvalue weighted by atomic mass is 17.2. The van der Waals surface area contributed by atoms with Gasteiger partial charge in [0.25, 0.3) is 0 Å². The van der Waals surface area contributed by atoms with Gasteiger partial charge in [-0.15, -0.1) is 0 Å². The number of nitrogens with two attached hydrogens (primary N) is 1. The molecule has 1 fully saturated rings. The van der Waals surface area contributed by atoms with Gasteiger partial charge in [-0.25, -0.2) is 0 Å². The van der Waals surface area contributed by atoms with E-state index < -0.39 is 0 Å². The minimum absolute atomic E-state index is 0.000984. The number of nitrogens with zero attached hydrogens (tertiary/aromatic N) is 1. The van der Waals surface area contributed by atoms with Crippen LogP contribution in [-0.4, -0.2) is 30.5 Å². The smallest absolute Gasteiger partial charge is 0.246 e. The van der Waals surface area contributed by atoms with Crippen LogP contribution in [0, 0.1) is 0 Å². The molecule has 3 aliphatic rings. The molecule has 3 aliphatic heterocycles. The minimum atomic E-state index is 0.000984. The number of fused-ring (bicyclic) bond motifs is 3. The van der Waals surface area contributed by atoms with Gasteiger partial charge in [0, 0.05) is 42.3 Å². The van der Waals surface area contributed by atoms with Gasteiger partial charge in [-0.05, 0) is 48.2 Å². The molecular weight excluding hydrogens is 368 g/mol. The Hall–Kier alpha value is -2.83. The first-order valence-electron chi connectivity index (χ1n) is 10.0. The number of carbonyl (C=O) groups is 1. The Bertz CT molecular complexity index is 977. The molecule has 0 atom stereocenters. The van der Waals surface area contributed by atoms with Crippen LogP contribution in [0.3, 0.4) is 0 Å². The topological polar surface area (TPSA) is 74.0 Å². The molecule has 0 radical (unpaired) electrons. The number of carbonyl (C=O) groups excluding carboxylic acids is 1. The number of piperidine rings is 1. The normalized spacial score (nSPS) is 19.1. The van der Waals surface area contributed by atoms with Gasteiger partial charge in [0.2, 0.25) is 5.91 Å². The molecule has 0 aliphatic carbocycles. The second-order valence-electron chi connectivity index (χ2n) is 7.97. The van der Waals surface area contributed by atoms with Crippen molar-refractivity contribution in [3.05, 3.63) is 64.7 Å². The van der Waals surface area contributed by atoms with E-state index in [0.29, 0.717) is 19.8 Å². The third-order valence-corrected chi connectivity index (χ3v) is 6.25. The number of ether oxygens (including phenoxy) is 1. The fourth-order valence-corrected chi connectivity index (χ4v) is 4.43. The molecule has 0 saturated carbocycles. The molecule has 2 aromatic carbocycles. The molecule has 5 rings (SSSR count). The number of likely N-dealkylation sites (tertiary alicyclic amines) is 1. The van der Waals surface area contributed by atoms with E-state index in [0.717, 1.165) is 54.1 Å². The predicted octanol–water partition coefficient (Wildman–Crippen LogP) is 2.94. The van der Waals surface area contributed by atoms with Crippen molar-refractivity contribution in [2.45, 2.75) is 31.4 Å². The van der Waals surface area contributed by atoms with Gasteiger partial charge in [0.1, 0.15) is 12.4 Å². The summed E-state index contributed by atoms with van der Waals surface area (Å²) in [6.07, 6.45) is 5.32. The van der Waals surface area contributed by atoms with Crippen molar-refractivity contribution in [3.8, 4) is 11.5 Å². The third-order valence-electron chi connectivity index (χ3n) is 6.25. The Morgan fingerprint density at radius 1 is 1.14 bits per heavy atom. The Kier molecular flexibility index (Phi) is 4.53. The summed E-state index contributed by atoms with van der Waals surface area (Å²) in [4.78, 5) is 24.6. The molecule has 1 spiro atoms. The number of hydrogen-bond donors (Lipinski definition) is 1. The maximum absolute atomic E-state index is 12.7. The van der Waals surface area contributed by atoms with Crippen LogP contribution in [0.1, 0.15) is 35.1 Å². The highest BCUT2D eigenvalue weighted by molar-refractivity contribution is 5.92. The van der Waals surface area contributed by atoms with Crippen LogP contribution in [0.4, 0.5) is 0 Å². The molecule has 2 N–H and O–H groups in total. The third kappa shape index (κ3) is 3.28. The van der Waals surface area contributed by atoms with Crippen molar-refractivity contribution in [2.24, 2.45) is 5.73 Å². The summed E-state index contributed by atoms with van der Waals surface area (Å²) in [7, 11) is 0. The molecule has 0 bridgehead atoms. The van der Waals surface area contributed by atoms with E-state index in [9.17, 15) is 4.79 Å². The van der Waals surface area contributed by atoms with E-state index in [2.05, 4.69) is 6.07 Å². The van der Waals surface area contributed by atoms with Crippen molar-refractivity contribution >= 4 is 12.0 Å². The summed E-state index contributed by atoms with van der Waals surface area (Å²) in [6.45, 7) is 3.11. The first-order chi connectivity index (χ1) is 14.2. The average molecular weight is 392 g/mol. The first-order valence-corrected chi connectivity index (χ1v) is 10.0. The standard InChI is InChI=1S/C23H24N2O4/c24-13-17-2-5-21-19(12-17)23(15-27-21)7-9-25(10-8-23)22(26)6-3-16-1-4-20-18(11-16)14-28-29-20/h1-6,11-12H,7-10,13-15,24H2. The van der Waals surface area contributed by atoms with Crippen LogP contribution in [0.15, 0.2) is 42.5 Å². The van der Waals surface area contributed by atoms with Crippen molar-refractivity contribution in [2.75, 3.05) is 19.7 Å². The van der Waals surface area contributed by atoms with Crippen LogP contribution in [0.25, 0.3) is 6.08 Å². The monoisotopic (exact) mass is 392 g/mol. The van der Waals surface area contributed by atoms with E-state index in [1.54, 1.807) is 6.08 Å².